The second kappa shape index (κ2) is 7.07. The standard InChI is InChI=1S/C16H9F2N3O3S2/c17-11-3-8(5-19)1-2-12(11)21-26(24)9-4-13(20-6-9)10-7-25-15(14(10)18)16(22)23/h1-4,6-7,20-21H,(H,22,23). The van der Waals surface area contributed by atoms with E-state index in [-0.39, 0.29) is 27.4 Å². The normalized spacial score (nSPS) is 11.7. The Bertz CT molecular complexity index is 1070. The second-order valence-corrected chi connectivity index (χ2v) is 7.12. The van der Waals surface area contributed by atoms with Crippen molar-refractivity contribution in [2.75, 3.05) is 4.72 Å². The van der Waals surface area contributed by atoms with Crippen molar-refractivity contribution in [1.29, 1.82) is 5.26 Å². The molecular weight excluding hydrogens is 384 g/mol. The smallest absolute Gasteiger partial charge is 0.348 e. The number of nitrogens with one attached hydrogen (secondary N) is 2. The minimum atomic E-state index is -1.85. The quantitative estimate of drug-likeness (QED) is 0.614. The molecule has 6 nitrogen and oxygen atoms in total. The van der Waals surface area contributed by atoms with E-state index in [1.807, 2.05) is 0 Å². The van der Waals surface area contributed by atoms with Crippen LogP contribution in [0, 0.1) is 23.0 Å². The number of hydrogen-bond acceptors (Lipinski definition) is 4. The first-order valence-corrected chi connectivity index (χ1v) is 9.00. The summed E-state index contributed by atoms with van der Waals surface area (Å²) in [7, 11) is -1.85. The largest absolute Gasteiger partial charge is 0.477 e. The van der Waals surface area contributed by atoms with Crippen LogP contribution in [0.2, 0.25) is 0 Å². The molecule has 2 heterocycles. The number of carboxylic acid groups (broad SMARTS) is 1. The summed E-state index contributed by atoms with van der Waals surface area (Å²) in [6.45, 7) is 0. The first-order valence-electron chi connectivity index (χ1n) is 6.98. The Balaban J connectivity index is 1.83. The van der Waals surface area contributed by atoms with Crippen LogP contribution in [0.3, 0.4) is 0 Å². The van der Waals surface area contributed by atoms with Gasteiger partial charge in [0.2, 0.25) is 0 Å². The molecule has 0 aliphatic carbocycles. The molecule has 0 saturated carbocycles. The molecule has 0 fully saturated rings. The average molecular weight is 393 g/mol. The highest BCUT2D eigenvalue weighted by Gasteiger charge is 2.20. The van der Waals surface area contributed by atoms with Crippen LogP contribution in [-0.2, 0) is 11.0 Å². The van der Waals surface area contributed by atoms with Crippen LogP contribution in [0.4, 0.5) is 14.5 Å². The van der Waals surface area contributed by atoms with Gasteiger partial charge in [0.05, 0.1) is 27.9 Å². The lowest BCUT2D eigenvalue weighted by molar-refractivity contribution is 0.0698. The summed E-state index contributed by atoms with van der Waals surface area (Å²) in [5, 5.41) is 18.9. The van der Waals surface area contributed by atoms with E-state index in [0.717, 1.165) is 17.4 Å². The highest BCUT2D eigenvalue weighted by molar-refractivity contribution is 7.86. The Morgan fingerprint density at radius 2 is 2.12 bits per heavy atom. The fraction of sp³-hybridized carbons (Fsp3) is 0. The molecule has 26 heavy (non-hydrogen) atoms. The second-order valence-electron chi connectivity index (χ2n) is 5.02. The van der Waals surface area contributed by atoms with Gasteiger partial charge in [0.1, 0.15) is 10.7 Å². The molecule has 0 radical (unpaired) electrons. The summed E-state index contributed by atoms with van der Waals surface area (Å²) in [6, 6.07) is 6.84. The van der Waals surface area contributed by atoms with Gasteiger partial charge in [-0.05, 0) is 24.3 Å². The minimum absolute atomic E-state index is 0.0419. The molecule has 2 aromatic heterocycles. The van der Waals surface area contributed by atoms with Crippen molar-refractivity contribution in [3.05, 3.63) is 57.9 Å². The lowest BCUT2D eigenvalue weighted by Gasteiger charge is -2.05. The van der Waals surface area contributed by atoms with Gasteiger partial charge in [-0.15, -0.1) is 11.3 Å². The number of rotatable bonds is 5. The molecule has 3 aromatic rings. The maximum atomic E-state index is 14.1. The van der Waals surface area contributed by atoms with Gasteiger partial charge < -0.3 is 10.1 Å². The summed E-state index contributed by atoms with van der Waals surface area (Å²) in [5.41, 5.74) is 0.363. The summed E-state index contributed by atoms with van der Waals surface area (Å²) < 4.78 is 42.7. The predicted octanol–water partition coefficient (Wildman–Crippen LogP) is 3.73. The van der Waals surface area contributed by atoms with Crippen LogP contribution in [0.5, 0.6) is 0 Å². The van der Waals surface area contributed by atoms with Crippen molar-refractivity contribution in [3.8, 4) is 17.3 Å². The molecule has 3 rings (SSSR count). The zero-order valence-electron chi connectivity index (χ0n) is 12.7. The number of anilines is 1. The van der Waals surface area contributed by atoms with E-state index < -0.39 is 33.5 Å². The molecule has 132 valence electrons. The number of H-pyrrole nitrogens is 1. The number of thiophene rings is 1. The fourth-order valence-corrected chi connectivity index (χ4v) is 3.79. The van der Waals surface area contributed by atoms with Gasteiger partial charge in [-0.2, -0.15) is 5.26 Å². The first-order chi connectivity index (χ1) is 12.4. The van der Waals surface area contributed by atoms with Crippen LogP contribution < -0.4 is 4.72 Å². The number of hydrogen-bond donors (Lipinski definition) is 3. The summed E-state index contributed by atoms with van der Waals surface area (Å²) in [6.07, 6.45) is 1.34. The van der Waals surface area contributed by atoms with Crippen LogP contribution in [0.25, 0.3) is 11.3 Å². The van der Waals surface area contributed by atoms with Gasteiger partial charge >= 0.3 is 5.97 Å². The monoisotopic (exact) mass is 393 g/mol. The average Bonchev–Trinajstić information content (AvgIpc) is 3.23. The van der Waals surface area contributed by atoms with Crippen molar-refractivity contribution in [1.82, 2.24) is 4.98 Å². The first kappa shape index (κ1) is 17.8. The highest BCUT2D eigenvalue weighted by Crippen LogP contribution is 2.30. The van der Waals surface area contributed by atoms with Gasteiger partial charge in [-0.1, -0.05) is 0 Å². The molecule has 0 bridgehead atoms. The maximum Gasteiger partial charge on any atom is 0.348 e. The van der Waals surface area contributed by atoms with E-state index in [9.17, 15) is 17.8 Å². The number of carbonyl (C=O) groups is 1. The molecule has 1 unspecified atom stereocenters. The number of aromatic amines is 1. The van der Waals surface area contributed by atoms with Crippen LogP contribution in [0.15, 0.2) is 40.7 Å². The Kier molecular flexibility index (Phi) is 4.83. The third-order valence-corrected chi connectivity index (χ3v) is 5.40. The van der Waals surface area contributed by atoms with Gasteiger partial charge in [0, 0.05) is 17.1 Å². The number of carboxylic acids is 1. The van der Waals surface area contributed by atoms with Crippen molar-refractivity contribution in [2.45, 2.75) is 4.90 Å². The molecule has 0 amide bonds. The molecule has 3 N–H and O–H groups in total. The number of halogens is 2. The van der Waals surface area contributed by atoms with E-state index in [0.29, 0.717) is 0 Å². The Morgan fingerprint density at radius 3 is 2.73 bits per heavy atom. The lowest BCUT2D eigenvalue weighted by Crippen LogP contribution is -2.05. The van der Waals surface area contributed by atoms with E-state index in [1.165, 1.54) is 29.8 Å². The van der Waals surface area contributed by atoms with E-state index in [1.54, 1.807) is 6.07 Å². The minimum Gasteiger partial charge on any atom is -0.477 e. The van der Waals surface area contributed by atoms with E-state index >= 15 is 0 Å². The molecule has 1 atom stereocenters. The number of aromatic carboxylic acids is 1. The number of aromatic nitrogens is 1. The molecule has 0 saturated heterocycles. The maximum absolute atomic E-state index is 14.1. The van der Waals surface area contributed by atoms with Crippen molar-refractivity contribution >= 4 is 34.0 Å². The number of nitriles is 1. The summed E-state index contributed by atoms with van der Waals surface area (Å²) >= 11 is 0.743. The third kappa shape index (κ3) is 3.35. The number of nitrogens with zero attached hydrogens (tertiary/aromatic N) is 1. The summed E-state index contributed by atoms with van der Waals surface area (Å²) in [5.74, 6) is -2.98. The SMILES string of the molecule is N#Cc1ccc(NS(=O)c2c[nH]c(-c3csc(C(=O)O)c3F)c2)c(F)c1. The molecule has 0 aliphatic heterocycles. The van der Waals surface area contributed by atoms with Gasteiger partial charge in [-0.25, -0.2) is 17.8 Å². The fourth-order valence-electron chi connectivity index (χ4n) is 2.13. The zero-order valence-corrected chi connectivity index (χ0v) is 14.4. The molecule has 10 heteroatoms. The van der Waals surface area contributed by atoms with Crippen molar-refractivity contribution in [2.24, 2.45) is 0 Å². The Morgan fingerprint density at radius 1 is 1.35 bits per heavy atom. The number of benzene rings is 1. The highest BCUT2D eigenvalue weighted by atomic mass is 32.2. The van der Waals surface area contributed by atoms with Crippen LogP contribution in [-0.4, -0.2) is 20.3 Å². The summed E-state index contributed by atoms with van der Waals surface area (Å²) in [4.78, 5) is 13.4. The molecule has 0 aliphatic rings. The van der Waals surface area contributed by atoms with Crippen LogP contribution >= 0.6 is 11.3 Å². The van der Waals surface area contributed by atoms with Crippen LogP contribution in [0.1, 0.15) is 15.2 Å². The lowest BCUT2D eigenvalue weighted by atomic mass is 10.2. The molecular formula is C16H9F2N3O3S2. The Labute approximate surface area is 152 Å². The van der Waals surface area contributed by atoms with Gasteiger partial charge in [0.25, 0.3) is 0 Å². The Hall–Kier alpha value is -3.03. The van der Waals surface area contributed by atoms with E-state index in [2.05, 4.69) is 9.71 Å². The van der Waals surface area contributed by atoms with Gasteiger partial charge in [-0.3, -0.25) is 4.72 Å². The van der Waals surface area contributed by atoms with E-state index in [4.69, 9.17) is 10.4 Å². The third-order valence-electron chi connectivity index (χ3n) is 3.39. The van der Waals surface area contributed by atoms with Crippen molar-refractivity contribution in [3.63, 3.8) is 0 Å². The van der Waals surface area contributed by atoms with Crippen molar-refractivity contribution < 1.29 is 22.9 Å². The zero-order chi connectivity index (χ0) is 18.8. The van der Waals surface area contributed by atoms with Gasteiger partial charge in [0.15, 0.2) is 16.8 Å². The predicted molar refractivity (Wildman–Crippen MR) is 92.2 cm³/mol. The topological polar surface area (TPSA) is 106 Å². The molecule has 1 aromatic carbocycles. The molecule has 0 spiro atoms.